The highest BCUT2D eigenvalue weighted by molar-refractivity contribution is 5.95. The van der Waals surface area contributed by atoms with E-state index in [1.807, 2.05) is 18.0 Å². The van der Waals surface area contributed by atoms with Gasteiger partial charge in [0.25, 0.3) is 0 Å². The van der Waals surface area contributed by atoms with Crippen LogP contribution in [0.3, 0.4) is 0 Å². The number of fused-ring (bicyclic) bond motifs is 1. The average Bonchev–Trinajstić information content (AvgIpc) is 3.03. The lowest BCUT2D eigenvalue weighted by atomic mass is 9.93. The highest BCUT2D eigenvalue weighted by atomic mass is 35.5. The minimum absolute atomic E-state index is 0. The fourth-order valence-corrected chi connectivity index (χ4v) is 3.83. The SMILES string of the molecule is CNCCC1CCN(CCC(=O)N2CCc3ccccc32)CC1.Cl. The lowest BCUT2D eigenvalue weighted by molar-refractivity contribution is -0.118. The van der Waals surface area contributed by atoms with Crippen LogP contribution in [0.25, 0.3) is 0 Å². The first-order chi connectivity index (χ1) is 11.3. The van der Waals surface area contributed by atoms with Gasteiger partial charge in [0.15, 0.2) is 0 Å². The van der Waals surface area contributed by atoms with Gasteiger partial charge in [-0.2, -0.15) is 0 Å². The third-order valence-electron chi connectivity index (χ3n) is 5.34. The van der Waals surface area contributed by atoms with Crippen LogP contribution in [0.1, 0.15) is 31.2 Å². The Morgan fingerprint density at radius 1 is 1.21 bits per heavy atom. The number of halogens is 1. The number of hydrogen-bond donors (Lipinski definition) is 1. The van der Waals surface area contributed by atoms with E-state index in [2.05, 4.69) is 28.4 Å². The zero-order chi connectivity index (χ0) is 16.1. The maximum atomic E-state index is 12.5. The van der Waals surface area contributed by atoms with E-state index in [1.165, 1.54) is 24.8 Å². The molecule has 134 valence electrons. The molecule has 0 saturated carbocycles. The number of piperidine rings is 1. The van der Waals surface area contributed by atoms with Crippen LogP contribution >= 0.6 is 12.4 Å². The van der Waals surface area contributed by atoms with Crippen molar-refractivity contribution in [1.82, 2.24) is 10.2 Å². The first-order valence-electron chi connectivity index (χ1n) is 9.03. The Morgan fingerprint density at radius 2 is 1.96 bits per heavy atom. The molecule has 1 amide bonds. The lowest BCUT2D eigenvalue weighted by Gasteiger charge is -2.32. The van der Waals surface area contributed by atoms with E-state index in [0.717, 1.165) is 50.7 Å². The van der Waals surface area contributed by atoms with Gasteiger partial charge < -0.3 is 15.1 Å². The second-order valence-corrected chi connectivity index (χ2v) is 6.85. The summed E-state index contributed by atoms with van der Waals surface area (Å²) in [5, 5.41) is 3.24. The summed E-state index contributed by atoms with van der Waals surface area (Å²) in [6, 6.07) is 8.30. The van der Waals surface area contributed by atoms with Gasteiger partial charge in [-0.05, 0) is 69.9 Å². The number of nitrogens with one attached hydrogen (secondary N) is 1. The number of hydrogen-bond acceptors (Lipinski definition) is 3. The number of anilines is 1. The van der Waals surface area contributed by atoms with Gasteiger partial charge in [0.2, 0.25) is 5.91 Å². The summed E-state index contributed by atoms with van der Waals surface area (Å²) in [4.78, 5) is 17.0. The molecule has 1 saturated heterocycles. The van der Waals surface area contributed by atoms with E-state index in [-0.39, 0.29) is 18.3 Å². The number of para-hydroxylation sites is 1. The molecule has 0 radical (unpaired) electrons. The molecule has 2 heterocycles. The summed E-state index contributed by atoms with van der Waals surface area (Å²) < 4.78 is 0. The minimum atomic E-state index is 0. The summed E-state index contributed by atoms with van der Waals surface area (Å²) in [6.45, 7) is 5.19. The predicted molar refractivity (Wildman–Crippen MR) is 102 cm³/mol. The van der Waals surface area contributed by atoms with Crippen LogP contribution in [0.15, 0.2) is 24.3 Å². The number of rotatable bonds is 6. The van der Waals surface area contributed by atoms with Crippen LogP contribution in [0.5, 0.6) is 0 Å². The number of carbonyl (C=O) groups is 1. The van der Waals surface area contributed by atoms with Crippen molar-refractivity contribution < 1.29 is 4.79 Å². The highest BCUT2D eigenvalue weighted by Crippen LogP contribution is 2.28. The maximum absolute atomic E-state index is 12.5. The van der Waals surface area contributed by atoms with Crippen molar-refractivity contribution in [3.05, 3.63) is 29.8 Å². The Hall–Kier alpha value is -1.10. The van der Waals surface area contributed by atoms with Crippen LogP contribution < -0.4 is 10.2 Å². The van der Waals surface area contributed by atoms with Gasteiger partial charge in [0.05, 0.1) is 0 Å². The monoisotopic (exact) mass is 351 g/mol. The number of benzene rings is 1. The van der Waals surface area contributed by atoms with Gasteiger partial charge in [0.1, 0.15) is 0 Å². The number of likely N-dealkylation sites (tertiary alicyclic amines) is 1. The third-order valence-corrected chi connectivity index (χ3v) is 5.34. The molecule has 24 heavy (non-hydrogen) atoms. The van der Waals surface area contributed by atoms with Crippen molar-refractivity contribution in [3.63, 3.8) is 0 Å². The predicted octanol–water partition coefficient (Wildman–Crippen LogP) is 2.71. The molecular formula is C19H30ClN3O. The van der Waals surface area contributed by atoms with Gasteiger partial charge in [-0.15, -0.1) is 12.4 Å². The molecule has 1 fully saturated rings. The lowest BCUT2D eigenvalue weighted by Crippen LogP contribution is -2.38. The topological polar surface area (TPSA) is 35.6 Å². The molecule has 4 nitrogen and oxygen atoms in total. The van der Waals surface area contributed by atoms with Gasteiger partial charge >= 0.3 is 0 Å². The summed E-state index contributed by atoms with van der Waals surface area (Å²) in [7, 11) is 2.03. The van der Waals surface area contributed by atoms with Crippen molar-refractivity contribution >= 4 is 24.0 Å². The molecule has 1 aromatic carbocycles. The van der Waals surface area contributed by atoms with E-state index < -0.39 is 0 Å². The Balaban J connectivity index is 0.00000208. The largest absolute Gasteiger partial charge is 0.320 e. The second kappa shape index (κ2) is 9.40. The quantitative estimate of drug-likeness (QED) is 0.856. The smallest absolute Gasteiger partial charge is 0.228 e. The van der Waals surface area contributed by atoms with Crippen LogP contribution in [0, 0.1) is 5.92 Å². The van der Waals surface area contributed by atoms with Gasteiger partial charge in [-0.25, -0.2) is 0 Å². The molecule has 0 unspecified atom stereocenters. The standard InChI is InChI=1S/C19H29N3O.ClH/c1-20-11-6-16-7-12-21(13-8-16)14-10-19(23)22-15-9-17-4-2-3-5-18(17)22;/h2-5,16,20H,6-15H2,1H3;1H. The molecule has 0 aromatic heterocycles. The van der Waals surface area contributed by atoms with E-state index in [4.69, 9.17) is 0 Å². The Kier molecular flexibility index (Phi) is 7.53. The molecule has 0 spiro atoms. The third kappa shape index (κ3) is 4.71. The first-order valence-corrected chi connectivity index (χ1v) is 9.03. The van der Waals surface area contributed by atoms with Crippen LogP contribution in [-0.4, -0.2) is 50.6 Å². The maximum Gasteiger partial charge on any atom is 0.228 e. The van der Waals surface area contributed by atoms with Crippen molar-refractivity contribution in [2.75, 3.05) is 44.7 Å². The van der Waals surface area contributed by atoms with Crippen LogP contribution in [-0.2, 0) is 11.2 Å². The normalized spacial score (nSPS) is 18.3. The van der Waals surface area contributed by atoms with Gasteiger partial charge in [-0.1, -0.05) is 18.2 Å². The Morgan fingerprint density at radius 3 is 2.71 bits per heavy atom. The molecule has 2 aliphatic rings. The second-order valence-electron chi connectivity index (χ2n) is 6.85. The molecule has 3 rings (SSSR count). The molecule has 0 atom stereocenters. The fourth-order valence-electron chi connectivity index (χ4n) is 3.83. The average molecular weight is 352 g/mol. The van der Waals surface area contributed by atoms with E-state index >= 15 is 0 Å². The van der Waals surface area contributed by atoms with E-state index in [1.54, 1.807) is 0 Å². The van der Waals surface area contributed by atoms with Gasteiger partial charge in [-0.3, -0.25) is 4.79 Å². The molecule has 0 aliphatic carbocycles. The zero-order valence-corrected chi connectivity index (χ0v) is 15.5. The molecule has 0 bridgehead atoms. The highest BCUT2D eigenvalue weighted by Gasteiger charge is 2.25. The van der Waals surface area contributed by atoms with Crippen LogP contribution in [0.4, 0.5) is 5.69 Å². The van der Waals surface area contributed by atoms with Crippen molar-refractivity contribution in [2.24, 2.45) is 5.92 Å². The van der Waals surface area contributed by atoms with E-state index in [9.17, 15) is 4.79 Å². The van der Waals surface area contributed by atoms with Crippen molar-refractivity contribution in [1.29, 1.82) is 0 Å². The molecule has 1 aromatic rings. The van der Waals surface area contributed by atoms with Gasteiger partial charge in [0, 0.05) is 25.2 Å². The summed E-state index contributed by atoms with van der Waals surface area (Å²) >= 11 is 0. The van der Waals surface area contributed by atoms with Crippen LogP contribution in [0.2, 0.25) is 0 Å². The Bertz CT molecular complexity index is 529. The fraction of sp³-hybridized carbons (Fsp3) is 0.632. The molecule has 2 aliphatic heterocycles. The summed E-state index contributed by atoms with van der Waals surface area (Å²) in [5.41, 5.74) is 2.44. The first kappa shape index (κ1) is 19.2. The molecule has 1 N–H and O–H groups in total. The van der Waals surface area contributed by atoms with Crippen molar-refractivity contribution in [2.45, 2.75) is 32.1 Å². The summed E-state index contributed by atoms with van der Waals surface area (Å²) in [5.74, 6) is 1.15. The number of amides is 1. The van der Waals surface area contributed by atoms with E-state index in [0.29, 0.717) is 6.42 Å². The minimum Gasteiger partial charge on any atom is -0.320 e. The number of nitrogens with zero attached hydrogens (tertiary/aromatic N) is 2. The van der Waals surface area contributed by atoms with Crippen molar-refractivity contribution in [3.8, 4) is 0 Å². The molecular weight excluding hydrogens is 322 g/mol. The molecule has 5 heteroatoms. The number of carbonyl (C=O) groups excluding carboxylic acids is 1. The summed E-state index contributed by atoms with van der Waals surface area (Å²) in [6.07, 6.45) is 5.49. The zero-order valence-electron chi connectivity index (χ0n) is 14.7. The Labute approximate surface area is 152 Å².